The van der Waals surface area contributed by atoms with Gasteiger partial charge in [-0.3, -0.25) is 4.79 Å². The number of nitrogens with zero attached hydrogens (tertiary/aromatic N) is 1. The van der Waals surface area contributed by atoms with Crippen LogP contribution in [-0.2, 0) is 16.1 Å². The molecule has 0 fully saturated rings. The standard InChI is InChI=1S/C19H22N2O3/c1-2-23-18-10-8-17(9-11-18)14-21-24-15-19(22)20-13-12-16-6-4-3-5-7-16/h3-11,14H,2,12-13,15H2,1H3,(H,20,22)/b21-14-. The molecule has 126 valence electrons. The minimum Gasteiger partial charge on any atom is -0.494 e. The maximum atomic E-state index is 11.6. The molecule has 0 atom stereocenters. The monoisotopic (exact) mass is 326 g/mol. The Morgan fingerprint density at radius 1 is 1.12 bits per heavy atom. The Labute approximate surface area is 142 Å². The van der Waals surface area contributed by atoms with Crippen molar-refractivity contribution < 1.29 is 14.4 Å². The number of nitrogens with one attached hydrogen (secondary N) is 1. The van der Waals surface area contributed by atoms with Crippen LogP contribution in [0, 0.1) is 0 Å². The Balaban J connectivity index is 1.63. The summed E-state index contributed by atoms with van der Waals surface area (Å²) in [6.07, 6.45) is 2.36. The van der Waals surface area contributed by atoms with Crippen LogP contribution in [-0.4, -0.2) is 31.9 Å². The van der Waals surface area contributed by atoms with Crippen LogP contribution >= 0.6 is 0 Å². The zero-order valence-electron chi connectivity index (χ0n) is 13.8. The van der Waals surface area contributed by atoms with Gasteiger partial charge in [-0.25, -0.2) is 0 Å². The van der Waals surface area contributed by atoms with Crippen molar-refractivity contribution in [2.24, 2.45) is 5.16 Å². The molecule has 0 bridgehead atoms. The molecule has 1 amide bonds. The van der Waals surface area contributed by atoms with Gasteiger partial charge in [-0.1, -0.05) is 35.5 Å². The number of carbonyl (C=O) groups excluding carboxylic acids is 1. The fourth-order valence-electron chi connectivity index (χ4n) is 2.05. The molecule has 0 heterocycles. The van der Waals surface area contributed by atoms with Crippen molar-refractivity contribution in [1.82, 2.24) is 5.32 Å². The molecule has 0 aromatic heterocycles. The molecule has 2 aromatic rings. The fourth-order valence-corrected chi connectivity index (χ4v) is 2.05. The number of rotatable bonds is 9. The van der Waals surface area contributed by atoms with Crippen LogP contribution in [0.15, 0.2) is 59.8 Å². The minimum absolute atomic E-state index is 0.0949. The second-order valence-electron chi connectivity index (χ2n) is 5.10. The third kappa shape index (κ3) is 6.52. The topological polar surface area (TPSA) is 59.9 Å². The highest BCUT2D eigenvalue weighted by Crippen LogP contribution is 2.10. The lowest BCUT2D eigenvalue weighted by Gasteiger charge is -2.04. The van der Waals surface area contributed by atoms with Crippen molar-refractivity contribution in [3.05, 3.63) is 65.7 Å². The highest BCUT2D eigenvalue weighted by molar-refractivity contribution is 5.80. The first-order chi connectivity index (χ1) is 11.8. The third-order valence-electron chi connectivity index (χ3n) is 3.24. The van der Waals surface area contributed by atoms with Crippen molar-refractivity contribution in [3.8, 4) is 5.75 Å². The third-order valence-corrected chi connectivity index (χ3v) is 3.24. The normalized spacial score (nSPS) is 10.5. The van der Waals surface area contributed by atoms with Gasteiger partial charge in [0.1, 0.15) is 5.75 Å². The number of ether oxygens (including phenoxy) is 1. The van der Waals surface area contributed by atoms with E-state index in [1.165, 1.54) is 5.56 Å². The summed E-state index contributed by atoms with van der Waals surface area (Å²) in [5.41, 5.74) is 2.06. The van der Waals surface area contributed by atoms with E-state index >= 15 is 0 Å². The molecular weight excluding hydrogens is 304 g/mol. The number of carbonyl (C=O) groups is 1. The van der Waals surface area contributed by atoms with Crippen molar-refractivity contribution >= 4 is 12.1 Å². The van der Waals surface area contributed by atoms with Gasteiger partial charge in [-0.2, -0.15) is 0 Å². The van der Waals surface area contributed by atoms with Gasteiger partial charge < -0.3 is 14.9 Å². The smallest absolute Gasteiger partial charge is 0.260 e. The van der Waals surface area contributed by atoms with Gasteiger partial charge in [-0.05, 0) is 48.7 Å². The van der Waals surface area contributed by atoms with Gasteiger partial charge in [0.25, 0.3) is 5.91 Å². The van der Waals surface area contributed by atoms with E-state index in [-0.39, 0.29) is 12.5 Å². The van der Waals surface area contributed by atoms with Crippen molar-refractivity contribution in [1.29, 1.82) is 0 Å². The second-order valence-corrected chi connectivity index (χ2v) is 5.10. The minimum atomic E-state index is -0.185. The molecule has 0 spiro atoms. The Morgan fingerprint density at radius 2 is 1.88 bits per heavy atom. The maximum Gasteiger partial charge on any atom is 0.260 e. The van der Waals surface area contributed by atoms with E-state index in [9.17, 15) is 4.79 Å². The predicted octanol–water partition coefficient (Wildman–Crippen LogP) is 2.79. The predicted molar refractivity (Wildman–Crippen MR) is 94.3 cm³/mol. The van der Waals surface area contributed by atoms with Crippen LogP contribution in [0.1, 0.15) is 18.1 Å². The molecule has 5 heteroatoms. The number of hydrogen-bond acceptors (Lipinski definition) is 4. The summed E-state index contributed by atoms with van der Waals surface area (Å²) in [6, 6.07) is 17.5. The van der Waals surface area contributed by atoms with Gasteiger partial charge in [0.05, 0.1) is 12.8 Å². The molecule has 0 aliphatic carbocycles. The molecule has 24 heavy (non-hydrogen) atoms. The highest BCUT2D eigenvalue weighted by atomic mass is 16.6. The SMILES string of the molecule is CCOc1ccc(/C=N\OCC(=O)NCCc2ccccc2)cc1. The van der Waals surface area contributed by atoms with E-state index in [1.807, 2.05) is 61.5 Å². The summed E-state index contributed by atoms with van der Waals surface area (Å²) in [5.74, 6) is 0.628. The summed E-state index contributed by atoms with van der Waals surface area (Å²) in [7, 11) is 0. The first kappa shape index (κ1) is 17.5. The van der Waals surface area contributed by atoms with Crippen LogP contribution in [0.2, 0.25) is 0 Å². The molecule has 5 nitrogen and oxygen atoms in total. The summed E-state index contributed by atoms with van der Waals surface area (Å²) < 4.78 is 5.36. The van der Waals surface area contributed by atoms with E-state index < -0.39 is 0 Å². The van der Waals surface area contributed by atoms with Crippen LogP contribution in [0.25, 0.3) is 0 Å². The first-order valence-electron chi connectivity index (χ1n) is 7.96. The van der Waals surface area contributed by atoms with Crippen LogP contribution in [0.4, 0.5) is 0 Å². The van der Waals surface area contributed by atoms with Gasteiger partial charge in [0, 0.05) is 6.54 Å². The average molecular weight is 326 g/mol. The molecule has 0 saturated heterocycles. The first-order valence-corrected chi connectivity index (χ1v) is 7.96. The summed E-state index contributed by atoms with van der Waals surface area (Å²) in [4.78, 5) is 16.6. The van der Waals surface area contributed by atoms with Gasteiger partial charge in [0.15, 0.2) is 6.61 Å². The lowest BCUT2D eigenvalue weighted by atomic mass is 10.1. The number of oxime groups is 1. The number of hydrogen-bond donors (Lipinski definition) is 1. The van der Waals surface area contributed by atoms with E-state index in [1.54, 1.807) is 6.21 Å². The zero-order valence-corrected chi connectivity index (χ0v) is 13.8. The molecule has 0 aliphatic heterocycles. The maximum absolute atomic E-state index is 11.6. The molecule has 0 radical (unpaired) electrons. The van der Waals surface area contributed by atoms with Crippen LogP contribution in [0.3, 0.4) is 0 Å². The van der Waals surface area contributed by atoms with E-state index in [0.29, 0.717) is 13.2 Å². The van der Waals surface area contributed by atoms with Gasteiger partial charge >= 0.3 is 0 Å². The molecular formula is C19H22N2O3. The van der Waals surface area contributed by atoms with Crippen LogP contribution in [0.5, 0.6) is 5.75 Å². The van der Waals surface area contributed by atoms with Crippen molar-refractivity contribution in [2.45, 2.75) is 13.3 Å². The highest BCUT2D eigenvalue weighted by Gasteiger charge is 2.00. The molecule has 2 rings (SSSR count). The molecule has 2 aromatic carbocycles. The van der Waals surface area contributed by atoms with Crippen molar-refractivity contribution in [2.75, 3.05) is 19.8 Å². The summed E-state index contributed by atoms with van der Waals surface area (Å²) >= 11 is 0. The van der Waals surface area contributed by atoms with Crippen molar-refractivity contribution in [3.63, 3.8) is 0 Å². The average Bonchev–Trinajstić information content (AvgIpc) is 2.61. The molecule has 0 unspecified atom stereocenters. The Hall–Kier alpha value is -2.82. The van der Waals surface area contributed by atoms with E-state index in [2.05, 4.69) is 10.5 Å². The fraction of sp³-hybridized carbons (Fsp3) is 0.263. The largest absolute Gasteiger partial charge is 0.494 e. The summed E-state index contributed by atoms with van der Waals surface area (Å²) in [5, 5.41) is 6.59. The second kappa shape index (κ2) is 10.0. The number of amides is 1. The zero-order chi connectivity index (χ0) is 17.0. The molecule has 0 saturated carbocycles. The Morgan fingerprint density at radius 3 is 2.58 bits per heavy atom. The molecule has 0 aliphatic rings. The summed E-state index contributed by atoms with van der Waals surface area (Å²) in [6.45, 7) is 3.06. The van der Waals surface area contributed by atoms with E-state index in [0.717, 1.165) is 17.7 Å². The van der Waals surface area contributed by atoms with Gasteiger partial charge in [-0.15, -0.1) is 0 Å². The number of benzene rings is 2. The lowest BCUT2D eigenvalue weighted by molar-refractivity contribution is -0.125. The van der Waals surface area contributed by atoms with Crippen LogP contribution < -0.4 is 10.1 Å². The Bertz CT molecular complexity index is 639. The quantitative estimate of drug-likeness (QED) is 0.569. The lowest BCUT2D eigenvalue weighted by Crippen LogP contribution is -2.28. The van der Waals surface area contributed by atoms with E-state index in [4.69, 9.17) is 9.57 Å². The molecule has 1 N–H and O–H groups in total. The van der Waals surface area contributed by atoms with Gasteiger partial charge in [0.2, 0.25) is 0 Å². The Kier molecular flexibility index (Phi) is 7.34.